The van der Waals surface area contributed by atoms with E-state index in [1.165, 1.54) is 32.6 Å². The van der Waals surface area contributed by atoms with Gasteiger partial charge in [-0.05, 0) is 25.7 Å². The molecule has 3 heteroatoms. The number of hydrogen-bond acceptors (Lipinski definition) is 2. The Morgan fingerprint density at radius 2 is 2.17 bits per heavy atom. The van der Waals surface area contributed by atoms with Crippen LogP contribution in [0.1, 0.15) is 32.6 Å². The molecular formula is C9H16NO2. The van der Waals surface area contributed by atoms with Crippen molar-refractivity contribution >= 4 is 5.97 Å². The second kappa shape index (κ2) is 4.45. The summed E-state index contributed by atoms with van der Waals surface area (Å²) < 4.78 is 4.96. The van der Waals surface area contributed by atoms with E-state index in [2.05, 4.69) is 0 Å². The number of hydrogen-bond donors (Lipinski definition) is 0. The topological polar surface area (TPSA) is 50.1 Å². The van der Waals surface area contributed by atoms with E-state index in [1.807, 2.05) is 0 Å². The fraction of sp³-hybridized carbons (Fsp3) is 0.889. The van der Waals surface area contributed by atoms with Gasteiger partial charge in [0.05, 0.1) is 6.61 Å². The quantitative estimate of drug-likeness (QED) is 0.601. The maximum atomic E-state index is 10.9. The Hall–Kier alpha value is -0.570. The predicted molar refractivity (Wildman–Crippen MR) is 45.5 cm³/mol. The lowest BCUT2D eigenvalue weighted by molar-refractivity contribution is -0.146. The van der Waals surface area contributed by atoms with Crippen LogP contribution in [0.2, 0.25) is 0 Å². The average Bonchev–Trinajstić information content (AvgIpc) is 2.51. The normalized spacial score (nSPS) is 20.8. The van der Waals surface area contributed by atoms with Gasteiger partial charge in [-0.2, -0.15) is 0 Å². The molecule has 0 bridgehead atoms. The van der Waals surface area contributed by atoms with E-state index in [9.17, 15) is 4.79 Å². The zero-order chi connectivity index (χ0) is 8.97. The highest BCUT2D eigenvalue weighted by molar-refractivity contribution is 5.74. The molecule has 0 aromatic rings. The monoisotopic (exact) mass is 170 g/mol. The van der Waals surface area contributed by atoms with Crippen LogP contribution in [0.5, 0.6) is 0 Å². The second-order valence-corrected chi connectivity index (χ2v) is 3.50. The molecule has 1 saturated carbocycles. The van der Waals surface area contributed by atoms with Crippen LogP contribution in [-0.4, -0.2) is 18.6 Å². The van der Waals surface area contributed by atoms with Gasteiger partial charge in [0.15, 0.2) is 0 Å². The van der Waals surface area contributed by atoms with Gasteiger partial charge in [0, 0.05) is 0 Å². The van der Waals surface area contributed by atoms with E-state index in [-0.39, 0.29) is 5.97 Å². The number of carbonyl (C=O) groups is 1. The number of esters is 1. The predicted octanol–water partition coefficient (Wildman–Crippen LogP) is 1.39. The van der Waals surface area contributed by atoms with Crippen molar-refractivity contribution in [3.8, 4) is 0 Å². The summed E-state index contributed by atoms with van der Waals surface area (Å²) in [6.45, 7) is 2.07. The minimum Gasteiger partial charge on any atom is -0.464 e. The van der Waals surface area contributed by atoms with Crippen LogP contribution in [0.3, 0.4) is 0 Å². The first kappa shape index (κ1) is 9.52. The Kier molecular flexibility index (Phi) is 3.53. The molecule has 3 nitrogen and oxygen atoms in total. The van der Waals surface area contributed by atoms with E-state index in [1.54, 1.807) is 0 Å². The summed E-state index contributed by atoms with van der Waals surface area (Å²) in [5.74, 6) is 0.176. The maximum Gasteiger partial charge on any atom is 0.324 e. The van der Waals surface area contributed by atoms with Crippen LogP contribution < -0.4 is 5.73 Å². The van der Waals surface area contributed by atoms with Gasteiger partial charge in [0.25, 0.3) is 0 Å². The van der Waals surface area contributed by atoms with E-state index in [4.69, 9.17) is 10.5 Å². The third kappa shape index (κ3) is 2.81. The Morgan fingerprint density at radius 3 is 2.67 bits per heavy atom. The fourth-order valence-corrected chi connectivity index (χ4v) is 1.50. The van der Waals surface area contributed by atoms with Crippen molar-refractivity contribution in [3.05, 3.63) is 0 Å². The molecule has 1 aliphatic carbocycles. The summed E-state index contributed by atoms with van der Waals surface area (Å²) in [6, 6.07) is -0.730. The molecule has 1 atom stereocenters. The molecule has 0 saturated heterocycles. The van der Waals surface area contributed by atoms with Crippen molar-refractivity contribution in [1.29, 1.82) is 0 Å². The second-order valence-electron chi connectivity index (χ2n) is 3.50. The van der Waals surface area contributed by atoms with E-state index < -0.39 is 6.04 Å². The van der Waals surface area contributed by atoms with Gasteiger partial charge in [0.1, 0.15) is 6.04 Å². The molecule has 69 valence electrons. The van der Waals surface area contributed by atoms with Crippen LogP contribution in [0.15, 0.2) is 0 Å². The Labute approximate surface area is 73.3 Å². The first-order valence-electron chi connectivity index (χ1n) is 4.58. The molecule has 12 heavy (non-hydrogen) atoms. The lowest BCUT2D eigenvalue weighted by Crippen LogP contribution is -2.23. The maximum absolute atomic E-state index is 10.9. The smallest absolute Gasteiger partial charge is 0.324 e. The molecule has 1 fully saturated rings. The lowest BCUT2D eigenvalue weighted by Gasteiger charge is -2.10. The number of carbonyl (C=O) groups excluding carboxylic acids is 1. The third-order valence-electron chi connectivity index (χ3n) is 2.29. The van der Waals surface area contributed by atoms with Gasteiger partial charge >= 0.3 is 5.97 Å². The highest BCUT2D eigenvalue weighted by atomic mass is 16.5. The standard InChI is InChI=1S/C9H16NO2/c1-7(10)9(11)12-6-8-4-2-3-5-8/h7-8,10H,2-6H2,1H3. The summed E-state index contributed by atoms with van der Waals surface area (Å²) in [7, 11) is 0. The molecule has 0 spiro atoms. The summed E-state index contributed by atoms with van der Waals surface area (Å²) in [5.41, 5.74) is 7.08. The van der Waals surface area contributed by atoms with Gasteiger partial charge in [-0.3, -0.25) is 4.79 Å². The molecule has 1 unspecified atom stereocenters. The minimum absolute atomic E-state index is 0.387. The van der Waals surface area contributed by atoms with E-state index >= 15 is 0 Å². The first-order valence-corrected chi connectivity index (χ1v) is 4.58. The van der Waals surface area contributed by atoms with Gasteiger partial charge in [-0.15, -0.1) is 0 Å². The van der Waals surface area contributed by atoms with Crippen LogP contribution in [0.25, 0.3) is 0 Å². The van der Waals surface area contributed by atoms with Gasteiger partial charge in [-0.1, -0.05) is 12.8 Å². The minimum atomic E-state index is -0.730. The highest BCUT2D eigenvalue weighted by Gasteiger charge is 2.18. The molecule has 0 amide bonds. The number of nitrogens with one attached hydrogen (secondary N) is 1. The molecule has 1 N–H and O–H groups in total. The van der Waals surface area contributed by atoms with Gasteiger partial charge < -0.3 is 4.74 Å². The SMILES string of the molecule is CC([NH])C(=O)OCC1CCCC1. The number of ether oxygens (including phenoxy) is 1. The summed E-state index contributed by atoms with van der Waals surface area (Å²) >= 11 is 0. The van der Waals surface area contributed by atoms with Crippen LogP contribution in [0.4, 0.5) is 0 Å². The van der Waals surface area contributed by atoms with Crippen molar-refractivity contribution in [1.82, 2.24) is 5.73 Å². The average molecular weight is 170 g/mol. The molecule has 1 aliphatic rings. The van der Waals surface area contributed by atoms with Crippen molar-refractivity contribution in [2.75, 3.05) is 6.61 Å². The van der Waals surface area contributed by atoms with Gasteiger partial charge in [-0.25, -0.2) is 5.73 Å². The summed E-state index contributed by atoms with van der Waals surface area (Å²) in [4.78, 5) is 10.9. The largest absolute Gasteiger partial charge is 0.464 e. The molecule has 1 radical (unpaired) electrons. The Morgan fingerprint density at radius 1 is 1.58 bits per heavy atom. The summed E-state index contributed by atoms with van der Waals surface area (Å²) in [5, 5.41) is 0. The van der Waals surface area contributed by atoms with Crippen molar-refractivity contribution in [3.63, 3.8) is 0 Å². The zero-order valence-electron chi connectivity index (χ0n) is 7.51. The van der Waals surface area contributed by atoms with Crippen molar-refractivity contribution < 1.29 is 9.53 Å². The summed E-state index contributed by atoms with van der Waals surface area (Å²) in [6.07, 6.45) is 4.89. The number of rotatable bonds is 3. The van der Waals surface area contributed by atoms with Crippen LogP contribution >= 0.6 is 0 Å². The van der Waals surface area contributed by atoms with Crippen molar-refractivity contribution in [2.45, 2.75) is 38.6 Å². The molecular weight excluding hydrogens is 154 g/mol. The zero-order valence-corrected chi connectivity index (χ0v) is 7.51. The molecule has 0 heterocycles. The van der Waals surface area contributed by atoms with Crippen LogP contribution in [-0.2, 0) is 9.53 Å². The van der Waals surface area contributed by atoms with E-state index in [0.29, 0.717) is 12.5 Å². The van der Waals surface area contributed by atoms with Crippen molar-refractivity contribution in [2.24, 2.45) is 5.92 Å². The lowest BCUT2D eigenvalue weighted by atomic mass is 10.1. The van der Waals surface area contributed by atoms with Gasteiger partial charge in [0.2, 0.25) is 0 Å². The molecule has 0 aromatic heterocycles. The first-order chi connectivity index (χ1) is 5.70. The molecule has 0 aromatic carbocycles. The Bertz CT molecular complexity index is 151. The van der Waals surface area contributed by atoms with E-state index in [0.717, 1.165) is 0 Å². The Balaban J connectivity index is 2.12. The molecule has 1 rings (SSSR count). The molecule has 0 aliphatic heterocycles. The fourth-order valence-electron chi connectivity index (χ4n) is 1.50. The van der Waals surface area contributed by atoms with Crippen LogP contribution in [0, 0.1) is 5.92 Å². The third-order valence-corrected chi connectivity index (χ3v) is 2.29. The highest BCUT2D eigenvalue weighted by Crippen LogP contribution is 2.24.